The summed E-state index contributed by atoms with van der Waals surface area (Å²) in [7, 11) is 0. The molecule has 0 saturated carbocycles. The second kappa shape index (κ2) is 5.63. The number of likely N-dealkylation sites (tertiary alicyclic amines) is 1. The molecule has 20 heavy (non-hydrogen) atoms. The van der Waals surface area contributed by atoms with Gasteiger partial charge in [0, 0.05) is 25.1 Å². The van der Waals surface area contributed by atoms with Crippen LogP contribution in [0.25, 0.3) is 10.9 Å². The van der Waals surface area contributed by atoms with Crippen molar-refractivity contribution in [3.63, 3.8) is 0 Å². The first-order valence-electron chi connectivity index (χ1n) is 7.07. The third-order valence-corrected chi connectivity index (χ3v) is 3.76. The molecule has 5 nitrogen and oxygen atoms in total. The molecule has 1 saturated heterocycles. The maximum Gasteiger partial charge on any atom is 0.227 e. The highest BCUT2D eigenvalue weighted by atomic mass is 16.5. The minimum atomic E-state index is 0.172. The molecule has 0 radical (unpaired) electrons. The molecule has 0 bridgehead atoms. The number of aromatic amines is 1. The monoisotopic (exact) mass is 273 g/mol. The zero-order valence-corrected chi connectivity index (χ0v) is 11.6. The fourth-order valence-corrected chi connectivity index (χ4v) is 2.71. The third kappa shape index (κ3) is 2.67. The zero-order chi connectivity index (χ0) is 13.9. The molecule has 106 valence electrons. The van der Waals surface area contributed by atoms with Crippen LogP contribution in [0.4, 0.5) is 0 Å². The molecule has 1 aromatic carbocycles. The largest absolute Gasteiger partial charge is 0.377 e. The van der Waals surface area contributed by atoms with Gasteiger partial charge in [-0.15, -0.1) is 0 Å². The Balaban J connectivity index is 1.63. The molecule has 1 aromatic heterocycles. The van der Waals surface area contributed by atoms with Crippen molar-refractivity contribution in [3.05, 3.63) is 30.0 Å². The normalized spacial score (nSPS) is 18.9. The number of nitrogens with one attached hydrogen (secondary N) is 1. The first-order chi connectivity index (χ1) is 9.76. The fraction of sp³-hybridized carbons (Fsp3) is 0.467. The fourth-order valence-electron chi connectivity index (χ4n) is 2.71. The first kappa shape index (κ1) is 13.1. The van der Waals surface area contributed by atoms with E-state index in [1.54, 1.807) is 6.20 Å². The minimum Gasteiger partial charge on any atom is -0.377 e. The second-order valence-corrected chi connectivity index (χ2v) is 5.17. The van der Waals surface area contributed by atoms with Crippen molar-refractivity contribution >= 4 is 16.8 Å². The van der Waals surface area contributed by atoms with Gasteiger partial charge in [0.2, 0.25) is 5.91 Å². The number of hydrogen-bond donors (Lipinski definition) is 1. The molecule has 5 heteroatoms. The highest BCUT2D eigenvalue weighted by molar-refractivity contribution is 5.83. The highest BCUT2D eigenvalue weighted by Crippen LogP contribution is 2.17. The van der Waals surface area contributed by atoms with Gasteiger partial charge in [0.15, 0.2) is 0 Å². The summed E-state index contributed by atoms with van der Waals surface area (Å²) in [6.45, 7) is 4.22. The van der Waals surface area contributed by atoms with Crippen LogP contribution >= 0.6 is 0 Å². The van der Waals surface area contributed by atoms with Gasteiger partial charge in [0.05, 0.1) is 24.2 Å². The smallest absolute Gasteiger partial charge is 0.227 e. The van der Waals surface area contributed by atoms with Crippen LogP contribution in [0.2, 0.25) is 0 Å². The summed E-state index contributed by atoms with van der Waals surface area (Å²) in [5, 5.41) is 7.99. The third-order valence-electron chi connectivity index (χ3n) is 3.76. The van der Waals surface area contributed by atoms with Crippen LogP contribution in [0.5, 0.6) is 0 Å². The van der Waals surface area contributed by atoms with Crippen LogP contribution < -0.4 is 0 Å². The molecule has 3 rings (SSSR count). The van der Waals surface area contributed by atoms with E-state index in [0.29, 0.717) is 13.0 Å². The van der Waals surface area contributed by atoms with E-state index in [4.69, 9.17) is 4.74 Å². The lowest BCUT2D eigenvalue weighted by molar-refractivity contribution is -0.129. The Morgan fingerprint density at radius 2 is 2.45 bits per heavy atom. The molecular formula is C15H19N3O2. The standard InChI is InChI=1S/C15H19N3O2/c1-2-20-13-5-6-18(10-13)15(19)8-11-3-4-12-9-16-17-14(12)7-11/h3-4,7,9,13H,2,5-6,8,10H2,1H3,(H,16,17)/t13-/m0/s1. The number of fused-ring (bicyclic) bond motifs is 1. The average molecular weight is 273 g/mol. The molecule has 0 spiro atoms. The van der Waals surface area contributed by atoms with Crippen molar-refractivity contribution in [1.29, 1.82) is 0 Å². The van der Waals surface area contributed by atoms with Gasteiger partial charge in [-0.2, -0.15) is 5.10 Å². The van der Waals surface area contributed by atoms with Gasteiger partial charge in [-0.1, -0.05) is 12.1 Å². The van der Waals surface area contributed by atoms with E-state index in [1.165, 1.54) is 0 Å². The van der Waals surface area contributed by atoms with Crippen LogP contribution in [0, 0.1) is 0 Å². The Labute approximate surface area is 117 Å². The molecule has 2 heterocycles. The maximum atomic E-state index is 12.3. The molecule has 2 aromatic rings. The Morgan fingerprint density at radius 3 is 3.30 bits per heavy atom. The molecule has 1 atom stereocenters. The van der Waals surface area contributed by atoms with Gasteiger partial charge in [-0.05, 0) is 25.0 Å². The number of H-pyrrole nitrogens is 1. The lowest BCUT2D eigenvalue weighted by Gasteiger charge is -2.16. The van der Waals surface area contributed by atoms with E-state index in [1.807, 2.05) is 30.0 Å². The number of aromatic nitrogens is 2. The number of carbonyl (C=O) groups is 1. The first-order valence-corrected chi connectivity index (χ1v) is 7.07. The number of carbonyl (C=O) groups excluding carboxylic acids is 1. The van der Waals surface area contributed by atoms with E-state index >= 15 is 0 Å². The minimum absolute atomic E-state index is 0.172. The van der Waals surface area contributed by atoms with Crippen molar-refractivity contribution in [2.24, 2.45) is 0 Å². The summed E-state index contributed by atoms with van der Waals surface area (Å²) >= 11 is 0. The predicted octanol–water partition coefficient (Wildman–Crippen LogP) is 1.74. The second-order valence-electron chi connectivity index (χ2n) is 5.17. The van der Waals surface area contributed by atoms with Gasteiger partial charge >= 0.3 is 0 Å². The highest BCUT2D eigenvalue weighted by Gasteiger charge is 2.26. The Hall–Kier alpha value is -1.88. The van der Waals surface area contributed by atoms with E-state index in [0.717, 1.165) is 36.0 Å². The summed E-state index contributed by atoms with van der Waals surface area (Å²) in [6.07, 6.45) is 3.38. The van der Waals surface area contributed by atoms with Gasteiger partial charge in [-0.25, -0.2) is 0 Å². The molecule has 0 unspecified atom stereocenters. The van der Waals surface area contributed by atoms with Crippen molar-refractivity contribution < 1.29 is 9.53 Å². The number of benzene rings is 1. The molecule has 1 fully saturated rings. The van der Waals surface area contributed by atoms with Gasteiger partial charge in [-0.3, -0.25) is 9.89 Å². The lowest BCUT2D eigenvalue weighted by Crippen LogP contribution is -2.31. The summed E-state index contributed by atoms with van der Waals surface area (Å²) in [6, 6.07) is 5.98. The zero-order valence-electron chi connectivity index (χ0n) is 11.6. The van der Waals surface area contributed by atoms with Crippen LogP contribution in [-0.2, 0) is 16.0 Å². The van der Waals surface area contributed by atoms with Gasteiger partial charge < -0.3 is 9.64 Å². The summed E-state index contributed by atoms with van der Waals surface area (Å²) < 4.78 is 5.57. The van der Waals surface area contributed by atoms with Crippen molar-refractivity contribution in [1.82, 2.24) is 15.1 Å². The molecule has 1 aliphatic heterocycles. The van der Waals surface area contributed by atoms with Gasteiger partial charge in [0.25, 0.3) is 0 Å². The summed E-state index contributed by atoms with van der Waals surface area (Å²) in [5.41, 5.74) is 2.00. The van der Waals surface area contributed by atoms with E-state index in [9.17, 15) is 4.79 Å². The number of ether oxygens (including phenoxy) is 1. The Bertz CT molecular complexity index is 608. The molecule has 1 N–H and O–H groups in total. The van der Waals surface area contributed by atoms with Gasteiger partial charge in [0.1, 0.15) is 0 Å². The van der Waals surface area contributed by atoms with Crippen molar-refractivity contribution in [2.45, 2.75) is 25.9 Å². The lowest BCUT2D eigenvalue weighted by atomic mass is 10.1. The Kier molecular flexibility index (Phi) is 3.69. The van der Waals surface area contributed by atoms with Crippen LogP contribution in [0.3, 0.4) is 0 Å². The van der Waals surface area contributed by atoms with E-state index in [2.05, 4.69) is 10.2 Å². The molecule has 1 aliphatic rings. The van der Waals surface area contributed by atoms with Crippen molar-refractivity contribution in [3.8, 4) is 0 Å². The maximum absolute atomic E-state index is 12.3. The van der Waals surface area contributed by atoms with Crippen LogP contribution in [0.15, 0.2) is 24.4 Å². The number of rotatable bonds is 4. The Morgan fingerprint density at radius 1 is 1.55 bits per heavy atom. The molecular weight excluding hydrogens is 254 g/mol. The van der Waals surface area contributed by atoms with Crippen molar-refractivity contribution in [2.75, 3.05) is 19.7 Å². The average Bonchev–Trinajstić information content (AvgIpc) is 3.07. The quantitative estimate of drug-likeness (QED) is 0.923. The molecule has 1 amide bonds. The topological polar surface area (TPSA) is 58.2 Å². The summed E-state index contributed by atoms with van der Waals surface area (Å²) in [5.74, 6) is 0.172. The molecule has 0 aliphatic carbocycles. The number of nitrogens with zero attached hydrogens (tertiary/aromatic N) is 2. The number of amides is 1. The summed E-state index contributed by atoms with van der Waals surface area (Å²) in [4.78, 5) is 14.2. The van der Waals surface area contributed by atoms with E-state index in [-0.39, 0.29) is 12.0 Å². The van der Waals surface area contributed by atoms with Crippen LogP contribution in [0.1, 0.15) is 18.9 Å². The number of hydrogen-bond acceptors (Lipinski definition) is 3. The predicted molar refractivity (Wildman–Crippen MR) is 76.4 cm³/mol. The SMILES string of the molecule is CCO[C@H]1CCN(C(=O)Cc2ccc3cn[nH]c3c2)C1. The van der Waals surface area contributed by atoms with Crippen LogP contribution in [-0.4, -0.2) is 46.8 Å². The van der Waals surface area contributed by atoms with E-state index < -0.39 is 0 Å².